The van der Waals surface area contributed by atoms with Crippen molar-refractivity contribution in [3.05, 3.63) is 36.4 Å². The highest BCUT2D eigenvalue weighted by atomic mass is 16.3. The third-order valence-electron chi connectivity index (χ3n) is 7.21. The first-order valence-corrected chi connectivity index (χ1v) is 11.8. The Kier molecular flexibility index (Phi) is 4.79. The Balaban J connectivity index is 1.29. The first-order chi connectivity index (χ1) is 16.0. The van der Waals surface area contributed by atoms with E-state index in [1.54, 1.807) is 38.5 Å². The third-order valence-corrected chi connectivity index (χ3v) is 7.21. The molecular weight excluding hydrogens is 418 g/mol. The number of fused-ring (bicyclic) bond motifs is 3. The minimum absolute atomic E-state index is 0.0863. The third kappa shape index (κ3) is 3.72. The molecule has 4 heterocycles. The first kappa shape index (κ1) is 20.5. The topological polar surface area (TPSA) is 94.7 Å². The fraction of sp³-hybridized carbons (Fsp3) is 0.480. The van der Waals surface area contributed by atoms with Crippen LogP contribution in [0.3, 0.4) is 0 Å². The molecule has 2 saturated heterocycles. The van der Waals surface area contributed by atoms with E-state index < -0.39 is 0 Å². The van der Waals surface area contributed by atoms with Gasteiger partial charge in [0.1, 0.15) is 17.2 Å². The van der Waals surface area contributed by atoms with Gasteiger partial charge in [0, 0.05) is 49.2 Å². The molecule has 2 aromatic heterocycles. The molecule has 8 nitrogen and oxygen atoms in total. The fourth-order valence-corrected chi connectivity index (χ4v) is 5.48. The van der Waals surface area contributed by atoms with Crippen LogP contribution in [0, 0.1) is 0 Å². The number of rotatable bonds is 5. The summed E-state index contributed by atoms with van der Waals surface area (Å²) >= 11 is 0. The molecule has 6 rings (SSSR count). The Morgan fingerprint density at radius 1 is 1.03 bits per heavy atom. The largest absolute Gasteiger partial charge is 0.507 e. The summed E-state index contributed by atoms with van der Waals surface area (Å²) in [6.07, 6.45) is 10.9. The Labute approximate surface area is 192 Å². The molecule has 8 heteroatoms. The monoisotopic (exact) mass is 447 g/mol. The first-order valence-electron chi connectivity index (χ1n) is 11.8. The number of furan rings is 1. The van der Waals surface area contributed by atoms with Crippen molar-refractivity contribution in [2.45, 2.75) is 62.7 Å². The number of nitrogens with zero attached hydrogens (tertiary/aromatic N) is 4. The molecule has 1 amide bonds. The number of aromatic nitrogens is 2. The molecule has 2 atom stereocenters. The molecule has 1 aromatic carbocycles. The summed E-state index contributed by atoms with van der Waals surface area (Å²) in [4.78, 5) is 25.6. The summed E-state index contributed by atoms with van der Waals surface area (Å²) in [5.41, 5.74) is 1.65. The molecule has 2 bridgehead atoms. The maximum absolute atomic E-state index is 12.2. The summed E-state index contributed by atoms with van der Waals surface area (Å²) in [5, 5.41) is 15.0. The van der Waals surface area contributed by atoms with E-state index in [-0.39, 0.29) is 17.4 Å². The van der Waals surface area contributed by atoms with Crippen molar-refractivity contribution in [1.82, 2.24) is 20.2 Å². The molecule has 3 fully saturated rings. The predicted molar refractivity (Wildman–Crippen MR) is 125 cm³/mol. The maximum Gasteiger partial charge on any atom is 0.289 e. The molecule has 1 aliphatic carbocycles. The van der Waals surface area contributed by atoms with Gasteiger partial charge in [-0.15, -0.1) is 0 Å². The van der Waals surface area contributed by atoms with Crippen molar-refractivity contribution in [2.75, 3.05) is 19.0 Å². The average Bonchev–Trinajstić information content (AvgIpc) is 3.46. The molecule has 0 spiro atoms. The Morgan fingerprint density at radius 2 is 1.79 bits per heavy atom. The number of amides is 1. The lowest BCUT2D eigenvalue weighted by atomic mass is 9.98. The van der Waals surface area contributed by atoms with E-state index in [4.69, 9.17) is 9.40 Å². The summed E-state index contributed by atoms with van der Waals surface area (Å²) in [6, 6.07) is 7.31. The number of aromatic hydroxyl groups is 1. The fourth-order valence-electron chi connectivity index (χ4n) is 5.48. The van der Waals surface area contributed by atoms with E-state index in [9.17, 15) is 9.90 Å². The van der Waals surface area contributed by atoms with Crippen molar-refractivity contribution in [3.63, 3.8) is 0 Å². The molecule has 2 unspecified atom stereocenters. The molecule has 172 valence electrons. The number of nitrogens with one attached hydrogen (secondary N) is 1. The maximum atomic E-state index is 12.2. The molecule has 1 saturated carbocycles. The number of hydrogen-bond donors (Lipinski definition) is 2. The normalized spacial score (nSPS) is 24.2. The van der Waals surface area contributed by atoms with Gasteiger partial charge in [0.25, 0.3) is 5.91 Å². The molecule has 33 heavy (non-hydrogen) atoms. The SMILES string of the molecule is CN(C)C(=O)c1cc2cc(O)c(-c3cnc(N(C4CC4)C4CC5CCC(C4)N5)cn3)cc2o1. The van der Waals surface area contributed by atoms with E-state index in [0.29, 0.717) is 46.4 Å². The van der Waals surface area contributed by atoms with Crippen LogP contribution in [-0.2, 0) is 0 Å². The Bertz CT molecular complexity index is 1190. The Morgan fingerprint density at radius 3 is 2.42 bits per heavy atom. The highest BCUT2D eigenvalue weighted by Crippen LogP contribution is 2.39. The van der Waals surface area contributed by atoms with E-state index >= 15 is 0 Å². The number of carbonyl (C=O) groups is 1. The van der Waals surface area contributed by atoms with Gasteiger partial charge < -0.3 is 24.6 Å². The van der Waals surface area contributed by atoms with Gasteiger partial charge in [0.15, 0.2) is 5.76 Å². The van der Waals surface area contributed by atoms with Crippen LogP contribution in [0.15, 0.2) is 35.0 Å². The van der Waals surface area contributed by atoms with Crippen LogP contribution in [0.25, 0.3) is 22.2 Å². The summed E-state index contributed by atoms with van der Waals surface area (Å²) < 4.78 is 5.75. The number of phenolic OH excluding ortho intramolecular Hbond substituents is 1. The standard InChI is InChI=1S/C25H29N5O3/c1-29(2)25(32)23-8-14-7-21(31)19(11-22(14)33-23)20-12-27-24(13-26-20)30(17-5-6-17)18-9-15-3-4-16(10-18)28-15/h7-8,11-13,15-18,28,31H,3-6,9-10H2,1-2H3. The highest BCUT2D eigenvalue weighted by Gasteiger charge is 2.41. The zero-order valence-electron chi connectivity index (χ0n) is 19.0. The number of phenols is 1. The Hall–Kier alpha value is -3.13. The van der Waals surface area contributed by atoms with Crippen LogP contribution in [0.2, 0.25) is 0 Å². The summed E-state index contributed by atoms with van der Waals surface area (Å²) in [5.74, 6) is 1.03. The lowest BCUT2D eigenvalue weighted by Crippen LogP contribution is -2.49. The zero-order valence-corrected chi connectivity index (χ0v) is 19.0. The van der Waals surface area contributed by atoms with E-state index in [0.717, 1.165) is 5.82 Å². The lowest BCUT2D eigenvalue weighted by molar-refractivity contribution is 0.0799. The van der Waals surface area contributed by atoms with Gasteiger partial charge in [-0.2, -0.15) is 0 Å². The number of hydrogen-bond acceptors (Lipinski definition) is 7. The van der Waals surface area contributed by atoms with Crippen molar-refractivity contribution in [1.29, 1.82) is 0 Å². The van der Waals surface area contributed by atoms with Gasteiger partial charge in [-0.3, -0.25) is 9.78 Å². The average molecular weight is 448 g/mol. The quantitative estimate of drug-likeness (QED) is 0.618. The van der Waals surface area contributed by atoms with Gasteiger partial charge in [-0.1, -0.05) is 0 Å². The van der Waals surface area contributed by atoms with Gasteiger partial charge in [-0.05, 0) is 56.7 Å². The van der Waals surface area contributed by atoms with Crippen molar-refractivity contribution < 1.29 is 14.3 Å². The minimum atomic E-state index is -0.220. The smallest absolute Gasteiger partial charge is 0.289 e. The predicted octanol–water partition coefficient (Wildman–Crippen LogP) is 3.55. The van der Waals surface area contributed by atoms with Crippen LogP contribution in [0.4, 0.5) is 5.82 Å². The molecular formula is C25H29N5O3. The van der Waals surface area contributed by atoms with Gasteiger partial charge >= 0.3 is 0 Å². The molecule has 3 aliphatic rings. The molecule has 2 N–H and O–H groups in total. The second-order valence-electron chi connectivity index (χ2n) is 9.88. The number of benzene rings is 1. The van der Waals surface area contributed by atoms with E-state index in [1.165, 1.54) is 43.4 Å². The van der Waals surface area contributed by atoms with E-state index in [2.05, 4.69) is 15.2 Å². The summed E-state index contributed by atoms with van der Waals surface area (Å²) in [6.45, 7) is 0. The van der Waals surface area contributed by atoms with Gasteiger partial charge in [-0.25, -0.2) is 4.98 Å². The van der Waals surface area contributed by atoms with Gasteiger partial charge in [0.2, 0.25) is 0 Å². The second kappa shape index (κ2) is 7.73. The number of carbonyl (C=O) groups excluding carboxylic acids is 1. The summed E-state index contributed by atoms with van der Waals surface area (Å²) in [7, 11) is 3.35. The highest BCUT2D eigenvalue weighted by molar-refractivity contribution is 5.97. The van der Waals surface area contributed by atoms with Crippen LogP contribution >= 0.6 is 0 Å². The number of anilines is 1. The van der Waals surface area contributed by atoms with E-state index in [1.807, 2.05) is 6.20 Å². The van der Waals surface area contributed by atoms with Crippen LogP contribution in [0.5, 0.6) is 5.75 Å². The van der Waals surface area contributed by atoms with Crippen molar-refractivity contribution in [3.8, 4) is 17.0 Å². The molecule has 0 radical (unpaired) electrons. The second-order valence-corrected chi connectivity index (χ2v) is 9.88. The van der Waals surface area contributed by atoms with Crippen molar-refractivity contribution >= 4 is 22.7 Å². The van der Waals surface area contributed by atoms with Crippen LogP contribution in [0.1, 0.15) is 49.1 Å². The zero-order chi connectivity index (χ0) is 22.7. The lowest BCUT2D eigenvalue weighted by Gasteiger charge is -2.38. The number of piperidine rings is 1. The molecule has 3 aromatic rings. The molecule has 2 aliphatic heterocycles. The van der Waals surface area contributed by atoms with Gasteiger partial charge in [0.05, 0.1) is 18.1 Å². The van der Waals surface area contributed by atoms with Crippen molar-refractivity contribution in [2.24, 2.45) is 0 Å². The van der Waals surface area contributed by atoms with Crippen LogP contribution < -0.4 is 10.2 Å². The minimum Gasteiger partial charge on any atom is -0.507 e. The van der Waals surface area contributed by atoms with Crippen LogP contribution in [-0.4, -0.2) is 64.1 Å².